The summed E-state index contributed by atoms with van der Waals surface area (Å²) in [4.78, 5) is 38.3. The van der Waals surface area contributed by atoms with Gasteiger partial charge < -0.3 is 14.6 Å². The van der Waals surface area contributed by atoms with Crippen LogP contribution >= 0.6 is 0 Å². The van der Waals surface area contributed by atoms with Gasteiger partial charge in [0.2, 0.25) is 5.91 Å². The Morgan fingerprint density at radius 1 is 1.31 bits per heavy atom. The highest BCUT2D eigenvalue weighted by Gasteiger charge is 2.39. The number of nitrogens with zero attached hydrogens (tertiary/aromatic N) is 4. The summed E-state index contributed by atoms with van der Waals surface area (Å²) in [6.45, 7) is 3.85. The quantitative estimate of drug-likeness (QED) is 0.576. The van der Waals surface area contributed by atoms with Crippen LogP contribution < -0.4 is 11.0 Å². The average molecular weight is 505 g/mol. The van der Waals surface area contributed by atoms with Crippen molar-refractivity contribution in [3.8, 4) is 0 Å². The molecule has 1 saturated heterocycles. The Labute approximate surface area is 206 Å². The molecule has 1 aliphatic rings. The van der Waals surface area contributed by atoms with Crippen LogP contribution in [0.2, 0.25) is 0 Å². The number of aryl methyl sites for hydroxylation is 1. The van der Waals surface area contributed by atoms with Gasteiger partial charge in [0.1, 0.15) is 18.4 Å². The number of halogens is 3. The summed E-state index contributed by atoms with van der Waals surface area (Å²) in [5.74, 6) is -1.11. The maximum absolute atomic E-state index is 14.8. The average Bonchev–Trinajstić information content (AvgIpc) is 2.86. The summed E-state index contributed by atoms with van der Waals surface area (Å²) in [5, 5.41) is 0.385. The SMILES string of the molecule is [2H]c1nc(=N[C@H](C)c2cccc(C(F)F)c2F)c2cc(C3(OC)CCN(C(C)=O)CC3)c(=O)n(C)c2[nH]1. The van der Waals surface area contributed by atoms with Crippen molar-refractivity contribution in [2.45, 2.75) is 44.8 Å². The molecule has 1 amide bonds. The molecule has 1 aliphatic heterocycles. The number of alkyl halides is 2. The molecule has 36 heavy (non-hydrogen) atoms. The molecule has 1 fully saturated rings. The second-order valence-corrected chi connectivity index (χ2v) is 8.92. The van der Waals surface area contributed by atoms with Gasteiger partial charge in [-0.15, -0.1) is 0 Å². The molecular weight excluding hydrogens is 475 g/mol. The number of ether oxygens (including phenoxy) is 1. The molecule has 0 radical (unpaired) electrons. The molecule has 11 heteroatoms. The zero-order chi connectivity index (χ0) is 27.1. The van der Waals surface area contributed by atoms with Crippen LogP contribution in [-0.2, 0) is 22.2 Å². The van der Waals surface area contributed by atoms with Crippen molar-refractivity contribution in [2.24, 2.45) is 12.0 Å². The van der Waals surface area contributed by atoms with Crippen LogP contribution in [0.4, 0.5) is 13.2 Å². The largest absolute Gasteiger partial charge is 0.373 e. The molecule has 8 nitrogen and oxygen atoms in total. The number of fused-ring (bicyclic) bond motifs is 1. The van der Waals surface area contributed by atoms with Crippen molar-refractivity contribution in [3.63, 3.8) is 0 Å². The zero-order valence-corrected chi connectivity index (χ0v) is 20.4. The summed E-state index contributed by atoms with van der Waals surface area (Å²) in [6, 6.07) is 4.42. The summed E-state index contributed by atoms with van der Waals surface area (Å²) in [6.07, 6.45) is -2.47. The Balaban J connectivity index is 1.90. The van der Waals surface area contributed by atoms with Crippen LogP contribution in [0, 0.1) is 5.82 Å². The Bertz CT molecular complexity index is 1480. The Morgan fingerprint density at radius 2 is 1.97 bits per heavy atom. The second-order valence-electron chi connectivity index (χ2n) is 8.92. The number of amides is 1. The lowest BCUT2D eigenvalue weighted by atomic mass is 9.84. The molecule has 0 unspecified atom stereocenters. The van der Waals surface area contributed by atoms with Gasteiger partial charge in [0.05, 0.1) is 28.9 Å². The minimum atomic E-state index is -2.98. The molecule has 4 rings (SSSR count). The van der Waals surface area contributed by atoms with E-state index in [1.54, 1.807) is 17.9 Å². The van der Waals surface area contributed by atoms with E-state index in [4.69, 9.17) is 6.11 Å². The number of piperidine rings is 1. The molecule has 1 N–H and O–H groups in total. The fourth-order valence-corrected chi connectivity index (χ4v) is 4.76. The van der Waals surface area contributed by atoms with Crippen molar-refractivity contribution < 1.29 is 24.1 Å². The summed E-state index contributed by atoms with van der Waals surface area (Å²) >= 11 is 0. The molecule has 1 aromatic carbocycles. The molecule has 192 valence electrons. The standard InChI is InChI=1S/C25H28F3N5O3/c1-14(16-6-5-7-17(20(16)26)21(27)28)31-22-18-12-19(24(35)32(3)23(18)30-13-29-22)25(36-4)8-10-33(11-9-25)15(2)34/h5-7,12-14,21H,8-11H2,1-4H3,(H,29,30,31)/t14-/m1/s1/i13D. The molecular formula is C25H28F3N5O3. The number of aromatic amines is 1. The van der Waals surface area contributed by atoms with Crippen molar-refractivity contribution in [2.75, 3.05) is 20.2 Å². The molecule has 0 bridgehead atoms. The molecule has 2 aromatic heterocycles. The first kappa shape index (κ1) is 24.2. The van der Waals surface area contributed by atoms with E-state index in [1.807, 2.05) is 0 Å². The molecule has 3 aromatic rings. The fourth-order valence-electron chi connectivity index (χ4n) is 4.76. The van der Waals surface area contributed by atoms with E-state index in [9.17, 15) is 22.8 Å². The predicted octanol–water partition coefficient (Wildman–Crippen LogP) is 3.48. The maximum Gasteiger partial charge on any atom is 0.266 e. The lowest BCUT2D eigenvalue weighted by Crippen LogP contribution is -2.48. The first-order chi connectivity index (χ1) is 17.5. The van der Waals surface area contributed by atoms with E-state index >= 15 is 0 Å². The number of carbonyl (C=O) groups excluding carboxylic acids is 1. The van der Waals surface area contributed by atoms with Gasteiger partial charge in [-0.3, -0.25) is 19.1 Å². The monoisotopic (exact) mass is 504 g/mol. The first-order valence-electron chi connectivity index (χ1n) is 12.0. The van der Waals surface area contributed by atoms with Crippen LogP contribution in [-0.4, -0.2) is 45.5 Å². The van der Waals surface area contributed by atoms with Gasteiger partial charge >= 0.3 is 0 Å². The van der Waals surface area contributed by atoms with Crippen molar-refractivity contribution in [1.82, 2.24) is 19.4 Å². The number of methoxy groups -OCH3 is 1. The lowest BCUT2D eigenvalue weighted by Gasteiger charge is -2.40. The van der Waals surface area contributed by atoms with Gasteiger partial charge in [-0.2, -0.15) is 0 Å². The number of nitrogens with one attached hydrogen (secondary N) is 1. The minimum Gasteiger partial charge on any atom is -0.373 e. The van der Waals surface area contributed by atoms with Gasteiger partial charge in [0.25, 0.3) is 12.0 Å². The van der Waals surface area contributed by atoms with E-state index in [0.717, 1.165) is 6.07 Å². The van der Waals surface area contributed by atoms with E-state index in [2.05, 4.69) is 15.0 Å². The van der Waals surface area contributed by atoms with Crippen LogP contribution in [0.1, 0.15) is 57.2 Å². The number of rotatable bonds is 5. The molecule has 0 saturated carbocycles. The summed E-state index contributed by atoms with van der Waals surface area (Å²) in [5.41, 5.74) is -1.40. The number of likely N-dealkylation sites (tertiary alicyclic amines) is 1. The fraction of sp³-hybridized carbons (Fsp3) is 0.440. The smallest absolute Gasteiger partial charge is 0.266 e. The third kappa shape index (κ3) is 4.43. The molecule has 0 spiro atoms. The number of H-pyrrole nitrogens is 1. The van der Waals surface area contributed by atoms with Gasteiger partial charge in [-0.25, -0.2) is 18.2 Å². The van der Waals surface area contributed by atoms with Crippen LogP contribution in [0.25, 0.3) is 11.0 Å². The van der Waals surface area contributed by atoms with Crippen LogP contribution in [0.3, 0.4) is 0 Å². The molecule has 0 aliphatic carbocycles. The van der Waals surface area contributed by atoms with Crippen LogP contribution in [0.5, 0.6) is 0 Å². The predicted molar refractivity (Wildman–Crippen MR) is 127 cm³/mol. The Morgan fingerprint density at radius 3 is 2.58 bits per heavy atom. The number of hydrogen-bond donors (Lipinski definition) is 1. The van der Waals surface area contributed by atoms with E-state index < -0.39 is 29.4 Å². The van der Waals surface area contributed by atoms with Crippen molar-refractivity contribution in [3.05, 3.63) is 68.9 Å². The van der Waals surface area contributed by atoms with Gasteiger partial charge in [-0.05, 0) is 25.8 Å². The highest BCUT2D eigenvalue weighted by atomic mass is 19.3. The topological polar surface area (TPSA) is 92.6 Å². The maximum atomic E-state index is 14.8. The first-order valence-corrected chi connectivity index (χ1v) is 11.5. The van der Waals surface area contributed by atoms with Gasteiger partial charge in [0, 0.05) is 39.7 Å². The zero-order valence-electron chi connectivity index (χ0n) is 21.4. The van der Waals surface area contributed by atoms with E-state index in [0.29, 0.717) is 36.9 Å². The Hall–Kier alpha value is -3.47. The molecule has 1 atom stereocenters. The summed E-state index contributed by atoms with van der Waals surface area (Å²) in [7, 11) is 3.05. The van der Waals surface area contributed by atoms with Crippen LogP contribution in [0.15, 0.2) is 40.4 Å². The second kappa shape index (κ2) is 9.88. The highest BCUT2D eigenvalue weighted by molar-refractivity contribution is 5.75. The van der Waals surface area contributed by atoms with E-state index in [1.165, 1.54) is 37.8 Å². The van der Waals surface area contributed by atoms with Gasteiger partial charge in [0.15, 0.2) is 5.49 Å². The number of carbonyl (C=O) groups is 1. The van der Waals surface area contributed by atoms with E-state index in [-0.39, 0.29) is 34.5 Å². The third-order valence-corrected chi connectivity index (χ3v) is 6.95. The Kier molecular flexibility index (Phi) is 6.65. The lowest BCUT2D eigenvalue weighted by molar-refractivity contribution is -0.135. The third-order valence-electron chi connectivity index (χ3n) is 6.95. The van der Waals surface area contributed by atoms with Crippen molar-refractivity contribution >= 4 is 16.9 Å². The number of benzene rings is 1. The molecule has 3 heterocycles. The minimum absolute atomic E-state index is 0.0397. The number of hydrogen-bond acceptors (Lipinski definition) is 5. The van der Waals surface area contributed by atoms with Crippen molar-refractivity contribution in [1.29, 1.82) is 0 Å². The normalized spacial score (nSPS) is 17.5. The highest BCUT2D eigenvalue weighted by Crippen LogP contribution is 2.35. The van der Waals surface area contributed by atoms with Gasteiger partial charge in [-0.1, -0.05) is 18.2 Å². The number of pyridine rings is 1. The number of aromatic nitrogens is 3. The summed E-state index contributed by atoms with van der Waals surface area (Å²) < 4.78 is 56.5.